The fourth-order valence-corrected chi connectivity index (χ4v) is 3.11. The summed E-state index contributed by atoms with van der Waals surface area (Å²) in [6, 6.07) is 4.33. The van der Waals surface area contributed by atoms with Crippen LogP contribution in [0.15, 0.2) is 18.2 Å². The number of nitro benzene ring substituents is 1. The van der Waals surface area contributed by atoms with Gasteiger partial charge in [-0.2, -0.15) is 11.8 Å². The van der Waals surface area contributed by atoms with Gasteiger partial charge in [-0.25, -0.2) is 0 Å². The predicted octanol–water partition coefficient (Wildman–Crippen LogP) is 2.83. The third kappa shape index (κ3) is 3.19. The number of rotatable bonds is 2. The average molecular weight is 301 g/mol. The third-order valence-electron chi connectivity index (χ3n) is 2.91. The van der Waals surface area contributed by atoms with Crippen molar-refractivity contribution in [2.24, 2.45) is 0 Å². The highest BCUT2D eigenvalue weighted by Crippen LogP contribution is 2.29. The van der Waals surface area contributed by atoms with Crippen molar-refractivity contribution in [2.75, 3.05) is 24.6 Å². The molecular weight excluding hydrogens is 288 g/mol. The quantitative estimate of drug-likeness (QED) is 0.622. The van der Waals surface area contributed by atoms with E-state index < -0.39 is 4.92 Å². The fraction of sp³-hybridized carbons (Fsp3) is 0.417. The van der Waals surface area contributed by atoms with Crippen molar-refractivity contribution in [2.45, 2.75) is 6.42 Å². The smallest absolute Gasteiger partial charge is 0.288 e. The zero-order valence-corrected chi connectivity index (χ0v) is 11.7. The molecule has 1 aliphatic rings. The number of thioether (sulfide) groups is 1. The second-order valence-corrected chi connectivity index (χ2v) is 5.76. The van der Waals surface area contributed by atoms with Crippen LogP contribution in [-0.2, 0) is 0 Å². The Morgan fingerprint density at radius 2 is 2.16 bits per heavy atom. The highest BCUT2D eigenvalue weighted by molar-refractivity contribution is 7.99. The zero-order valence-electron chi connectivity index (χ0n) is 10.2. The summed E-state index contributed by atoms with van der Waals surface area (Å²) in [7, 11) is 0. The number of amides is 1. The van der Waals surface area contributed by atoms with Crippen molar-refractivity contribution >= 4 is 35.0 Å². The maximum absolute atomic E-state index is 12.4. The molecule has 0 aliphatic carbocycles. The fourth-order valence-electron chi connectivity index (χ4n) is 1.95. The molecule has 1 fully saturated rings. The molecule has 102 valence electrons. The van der Waals surface area contributed by atoms with Crippen LogP contribution in [0.3, 0.4) is 0 Å². The Kier molecular flexibility index (Phi) is 4.66. The van der Waals surface area contributed by atoms with Gasteiger partial charge in [0.15, 0.2) is 0 Å². The van der Waals surface area contributed by atoms with Gasteiger partial charge in [-0.05, 0) is 18.2 Å². The summed E-state index contributed by atoms with van der Waals surface area (Å²) in [4.78, 5) is 24.3. The van der Waals surface area contributed by atoms with Gasteiger partial charge in [0.1, 0.15) is 5.02 Å². The molecule has 0 aromatic heterocycles. The molecule has 1 heterocycles. The van der Waals surface area contributed by atoms with Crippen LogP contribution < -0.4 is 0 Å². The van der Waals surface area contributed by atoms with Crippen molar-refractivity contribution in [3.63, 3.8) is 0 Å². The Labute approximate surface area is 120 Å². The normalized spacial score (nSPS) is 15.9. The molecular formula is C12H13ClN2O3S. The molecule has 2 rings (SSSR count). The first-order valence-electron chi connectivity index (χ1n) is 5.91. The van der Waals surface area contributed by atoms with E-state index in [1.165, 1.54) is 18.2 Å². The largest absolute Gasteiger partial charge is 0.338 e. The van der Waals surface area contributed by atoms with Crippen LogP contribution in [-0.4, -0.2) is 40.3 Å². The molecule has 7 heteroatoms. The first-order chi connectivity index (χ1) is 9.11. The number of hydrogen-bond acceptors (Lipinski definition) is 4. The highest BCUT2D eigenvalue weighted by atomic mass is 35.5. The molecule has 1 aromatic rings. The van der Waals surface area contributed by atoms with Gasteiger partial charge in [-0.3, -0.25) is 14.9 Å². The van der Waals surface area contributed by atoms with Crippen molar-refractivity contribution in [1.29, 1.82) is 0 Å². The standard InChI is InChI=1S/C12H13ClN2O3S/c13-11-9(3-1-4-10(11)15(17)18)12(16)14-5-2-7-19-8-6-14/h1,3-4H,2,5-8H2. The molecule has 5 nitrogen and oxygen atoms in total. The number of hydrogen-bond donors (Lipinski definition) is 0. The minimum Gasteiger partial charge on any atom is -0.338 e. The van der Waals surface area contributed by atoms with Crippen molar-refractivity contribution < 1.29 is 9.72 Å². The lowest BCUT2D eigenvalue weighted by atomic mass is 10.1. The van der Waals surface area contributed by atoms with E-state index in [1.54, 1.807) is 4.90 Å². The van der Waals surface area contributed by atoms with E-state index in [9.17, 15) is 14.9 Å². The second-order valence-electron chi connectivity index (χ2n) is 4.15. The first-order valence-corrected chi connectivity index (χ1v) is 7.44. The van der Waals surface area contributed by atoms with E-state index in [1.807, 2.05) is 11.8 Å². The second kappa shape index (κ2) is 6.25. The molecule has 1 aliphatic heterocycles. The summed E-state index contributed by atoms with van der Waals surface area (Å²) < 4.78 is 0. The summed E-state index contributed by atoms with van der Waals surface area (Å²) in [6.45, 7) is 1.33. The molecule has 0 radical (unpaired) electrons. The van der Waals surface area contributed by atoms with Crippen LogP contribution in [0.4, 0.5) is 5.69 Å². The molecule has 1 amide bonds. The van der Waals surface area contributed by atoms with Crippen LogP contribution in [0.2, 0.25) is 5.02 Å². The summed E-state index contributed by atoms with van der Waals surface area (Å²) in [5.74, 6) is 1.70. The average Bonchev–Trinajstić information content (AvgIpc) is 2.66. The SMILES string of the molecule is O=C(c1cccc([N+](=O)[O-])c1Cl)N1CCCSCC1. The van der Waals surface area contributed by atoms with E-state index in [4.69, 9.17) is 11.6 Å². The summed E-state index contributed by atoms with van der Waals surface area (Å²) >= 11 is 7.77. The topological polar surface area (TPSA) is 63.4 Å². The van der Waals surface area contributed by atoms with Crippen LogP contribution >= 0.6 is 23.4 Å². The zero-order chi connectivity index (χ0) is 13.8. The van der Waals surface area contributed by atoms with Gasteiger partial charge in [0, 0.05) is 24.9 Å². The Hall–Kier alpha value is -1.27. The van der Waals surface area contributed by atoms with Gasteiger partial charge < -0.3 is 4.90 Å². The van der Waals surface area contributed by atoms with E-state index in [2.05, 4.69) is 0 Å². The van der Waals surface area contributed by atoms with Crippen molar-refractivity contribution in [1.82, 2.24) is 4.90 Å². The Bertz CT molecular complexity index is 502. The number of nitro groups is 1. The van der Waals surface area contributed by atoms with E-state index >= 15 is 0 Å². The van der Waals surface area contributed by atoms with Gasteiger partial charge in [-0.1, -0.05) is 17.7 Å². The minimum atomic E-state index is -0.572. The highest BCUT2D eigenvalue weighted by Gasteiger charge is 2.24. The molecule has 0 spiro atoms. The van der Waals surface area contributed by atoms with Crippen LogP contribution in [0, 0.1) is 10.1 Å². The molecule has 0 N–H and O–H groups in total. The summed E-state index contributed by atoms with van der Waals surface area (Å²) in [5.41, 5.74) is -0.0144. The Morgan fingerprint density at radius 1 is 1.37 bits per heavy atom. The van der Waals surface area contributed by atoms with Gasteiger partial charge in [0.05, 0.1) is 10.5 Å². The van der Waals surface area contributed by atoms with Crippen LogP contribution in [0.25, 0.3) is 0 Å². The molecule has 1 saturated heterocycles. The third-order valence-corrected chi connectivity index (χ3v) is 4.36. The van der Waals surface area contributed by atoms with Crippen LogP contribution in [0.5, 0.6) is 0 Å². The molecule has 0 atom stereocenters. The van der Waals surface area contributed by atoms with Gasteiger partial charge >= 0.3 is 0 Å². The lowest BCUT2D eigenvalue weighted by Gasteiger charge is -2.20. The maximum atomic E-state index is 12.4. The van der Waals surface area contributed by atoms with E-state index in [-0.39, 0.29) is 22.2 Å². The number of benzene rings is 1. The number of halogens is 1. The van der Waals surface area contributed by atoms with E-state index in [0.717, 1.165) is 17.9 Å². The Morgan fingerprint density at radius 3 is 2.89 bits per heavy atom. The maximum Gasteiger partial charge on any atom is 0.288 e. The van der Waals surface area contributed by atoms with Crippen LogP contribution in [0.1, 0.15) is 16.8 Å². The van der Waals surface area contributed by atoms with Gasteiger partial charge in [-0.15, -0.1) is 0 Å². The minimum absolute atomic E-state index is 0.0746. The van der Waals surface area contributed by atoms with Crippen molar-refractivity contribution in [3.8, 4) is 0 Å². The molecule has 0 saturated carbocycles. The van der Waals surface area contributed by atoms with E-state index in [0.29, 0.717) is 13.1 Å². The summed E-state index contributed by atoms with van der Waals surface area (Å²) in [6.07, 6.45) is 0.933. The lowest BCUT2D eigenvalue weighted by molar-refractivity contribution is -0.384. The van der Waals surface area contributed by atoms with Gasteiger partial charge in [0.25, 0.3) is 11.6 Å². The summed E-state index contributed by atoms with van der Waals surface area (Å²) in [5, 5.41) is 10.7. The molecule has 0 unspecified atom stereocenters. The Balaban J connectivity index is 2.28. The van der Waals surface area contributed by atoms with Gasteiger partial charge in [0.2, 0.25) is 0 Å². The number of nitrogens with zero attached hydrogens (tertiary/aromatic N) is 2. The number of carbonyl (C=O) groups excluding carboxylic acids is 1. The first kappa shape index (κ1) is 14.1. The molecule has 1 aromatic carbocycles. The predicted molar refractivity (Wildman–Crippen MR) is 76.0 cm³/mol. The molecule has 19 heavy (non-hydrogen) atoms. The lowest BCUT2D eigenvalue weighted by Crippen LogP contribution is -2.33. The monoisotopic (exact) mass is 300 g/mol. The molecule has 0 bridgehead atoms. The number of carbonyl (C=O) groups is 1. The van der Waals surface area contributed by atoms with Crippen molar-refractivity contribution in [3.05, 3.63) is 38.9 Å².